The fourth-order valence-corrected chi connectivity index (χ4v) is 2.08. The minimum absolute atomic E-state index is 0.0451. The second-order valence-electron chi connectivity index (χ2n) is 4.82. The number of methoxy groups -OCH3 is 3. The van der Waals surface area contributed by atoms with Crippen LogP contribution in [-0.4, -0.2) is 58.4 Å². The Hall–Kier alpha value is -2.97. The van der Waals surface area contributed by atoms with Gasteiger partial charge in [-0.2, -0.15) is 0 Å². The number of carbonyl (C=O) groups excluding carboxylic acids is 3. The van der Waals surface area contributed by atoms with E-state index in [2.05, 4.69) is 5.32 Å². The predicted molar refractivity (Wildman–Crippen MR) is 90.6 cm³/mol. The van der Waals surface area contributed by atoms with Crippen LogP contribution in [0.15, 0.2) is 12.1 Å². The third-order valence-corrected chi connectivity index (χ3v) is 3.27. The highest BCUT2D eigenvalue weighted by Gasteiger charge is 2.32. The normalized spacial score (nSPS) is 10.1. The van der Waals surface area contributed by atoms with Crippen molar-refractivity contribution in [3.05, 3.63) is 17.7 Å². The molecule has 1 rings (SSSR count). The molecule has 1 aromatic carbocycles. The zero-order valence-corrected chi connectivity index (χ0v) is 15.4. The van der Waals surface area contributed by atoms with E-state index in [9.17, 15) is 14.4 Å². The Kier molecular flexibility index (Phi) is 8.20. The third kappa shape index (κ3) is 5.01. The van der Waals surface area contributed by atoms with E-state index in [-0.39, 0.29) is 30.3 Å². The summed E-state index contributed by atoms with van der Waals surface area (Å²) in [5.41, 5.74) is 0.0451. The van der Waals surface area contributed by atoms with Gasteiger partial charge in [0.15, 0.2) is 11.5 Å². The fraction of sp³-hybridized carbons (Fsp3) is 0.471. The number of carbonyl (C=O) groups is 3. The molecule has 1 amide bonds. The van der Waals surface area contributed by atoms with Gasteiger partial charge in [-0.05, 0) is 13.8 Å². The zero-order valence-electron chi connectivity index (χ0n) is 15.4. The van der Waals surface area contributed by atoms with Crippen LogP contribution in [0.3, 0.4) is 0 Å². The van der Waals surface area contributed by atoms with Gasteiger partial charge in [0, 0.05) is 12.1 Å². The molecule has 26 heavy (non-hydrogen) atoms. The molecular weight excluding hydrogens is 346 g/mol. The summed E-state index contributed by atoms with van der Waals surface area (Å²) in [6, 6.07) is 1.23. The summed E-state index contributed by atoms with van der Waals surface area (Å²) in [4.78, 5) is 36.6. The van der Waals surface area contributed by atoms with Gasteiger partial charge in [-0.25, -0.2) is 9.59 Å². The van der Waals surface area contributed by atoms with E-state index in [1.165, 1.54) is 33.5 Å². The van der Waals surface area contributed by atoms with Crippen molar-refractivity contribution in [2.24, 2.45) is 0 Å². The SMILES string of the molecule is CCOC(=O)C(NC(=O)c1cc(OC)c(OC)cc1OC)C(=O)OCC. The van der Waals surface area contributed by atoms with Crippen LogP contribution < -0.4 is 19.5 Å². The quantitative estimate of drug-likeness (QED) is 0.506. The van der Waals surface area contributed by atoms with Crippen LogP contribution in [0.1, 0.15) is 24.2 Å². The number of amides is 1. The molecule has 0 saturated carbocycles. The summed E-state index contributed by atoms with van der Waals surface area (Å²) in [7, 11) is 4.22. The van der Waals surface area contributed by atoms with E-state index in [0.717, 1.165) is 0 Å². The van der Waals surface area contributed by atoms with Crippen LogP contribution in [0.2, 0.25) is 0 Å². The molecule has 1 aromatic rings. The zero-order chi connectivity index (χ0) is 19.7. The molecular formula is C17H23NO8. The van der Waals surface area contributed by atoms with Gasteiger partial charge < -0.3 is 29.0 Å². The molecule has 0 radical (unpaired) electrons. The number of ether oxygens (including phenoxy) is 5. The molecule has 0 aromatic heterocycles. The molecule has 9 nitrogen and oxygen atoms in total. The Bertz CT molecular complexity index is 640. The highest BCUT2D eigenvalue weighted by molar-refractivity contribution is 6.06. The maximum absolute atomic E-state index is 12.6. The molecule has 144 valence electrons. The van der Waals surface area contributed by atoms with Crippen molar-refractivity contribution in [1.29, 1.82) is 0 Å². The third-order valence-electron chi connectivity index (χ3n) is 3.27. The van der Waals surface area contributed by atoms with Crippen LogP contribution in [0.4, 0.5) is 0 Å². The number of benzene rings is 1. The lowest BCUT2D eigenvalue weighted by Crippen LogP contribution is -2.48. The minimum Gasteiger partial charge on any atom is -0.496 e. The number of rotatable bonds is 9. The van der Waals surface area contributed by atoms with E-state index in [1.807, 2.05) is 0 Å². The Balaban J connectivity index is 3.19. The Morgan fingerprint density at radius 1 is 0.846 bits per heavy atom. The number of hydrogen-bond donors (Lipinski definition) is 1. The molecule has 0 heterocycles. The molecule has 1 N–H and O–H groups in total. The molecule has 0 unspecified atom stereocenters. The van der Waals surface area contributed by atoms with Gasteiger partial charge in [-0.15, -0.1) is 0 Å². The maximum Gasteiger partial charge on any atom is 0.340 e. The van der Waals surface area contributed by atoms with Gasteiger partial charge in [0.2, 0.25) is 6.04 Å². The van der Waals surface area contributed by atoms with Gasteiger partial charge in [0.05, 0.1) is 40.1 Å². The van der Waals surface area contributed by atoms with Crippen molar-refractivity contribution >= 4 is 17.8 Å². The lowest BCUT2D eigenvalue weighted by Gasteiger charge is -2.18. The Labute approximate surface area is 151 Å². The summed E-state index contributed by atoms with van der Waals surface area (Å²) >= 11 is 0. The molecule has 0 aliphatic rings. The van der Waals surface area contributed by atoms with Crippen molar-refractivity contribution in [2.45, 2.75) is 19.9 Å². The summed E-state index contributed by atoms with van der Waals surface area (Å²) in [6.07, 6.45) is 0. The summed E-state index contributed by atoms with van der Waals surface area (Å²) in [5.74, 6) is -1.77. The highest BCUT2D eigenvalue weighted by atomic mass is 16.6. The number of nitrogens with one attached hydrogen (secondary N) is 1. The Morgan fingerprint density at radius 3 is 1.73 bits per heavy atom. The van der Waals surface area contributed by atoms with E-state index in [0.29, 0.717) is 5.75 Å². The van der Waals surface area contributed by atoms with Crippen molar-refractivity contribution in [3.63, 3.8) is 0 Å². The van der Waals surface area contributed by atoms with Gasteiger partial charge in [-0.3, -0.25) is 4.79 Å². The van der Waals surface area contributed by atoms with Crippen LogP contribution >= 0.6 is 0 Å². The van der Waals surface area contributed by atoms with Crippen LogP contribution in [0.25, 0.3) is 0 Å². The topological polar surface area (TPSA) is 109 Å². The van der Waals surface area contributed by atoms with Gasteiger partial charge >= 0.3 is 11.9 Å². The number of hydrogen-bond acceptors (Lipinski definition) is 8. The van der Waals surface area contributed by atoms with Gasteiger partial charge in [0.25, 0.3) is 5.91 Å². The van der Waals surface area contributed by atoms with Crippen molar-refractivity contribution in [1.82, 2.24) is 5.32 Å². The first-order chi connectivity index (χ1) is 12.4. The largest absolute Gasteiger partial charge is 0.496 e. The lowest BCUT2D eigenvalue weighted by atomic mass is 10.1. The lowest BCUT2D eigenvalue weighted by molar-refractivity contribution is -0.157. The van der Waals surface area contributed by atoms with Crippen molar-refractivity contribution in [2.75, 3.05) is 34.5 Å². The second-order valence-corrected chi connectivity index (χ2v) is 4.82. The molecule has 0 spiro atoms. The molecule has 0 atom stereocenters. The van der Waals surface area contributed by atoms with E-state index in [4.69, 9.17) is 23.7 Å². The molecule has 0 bridgehead atoms. The van der Waals surface area contributed by atoms with Crippen molar-refractivity contribution < 1.29 is 38.1 Å². The Morgan fingerprint density at radius 2 is 1.31 bits per heavy atom. The average molecular weight is 369 g/mol. The van der Waals surface area contributed by atoms with Gasteiger partial charge in [-0.1, -0.05) is 0 Å². The first kappa shape index (κ1) is 21.1. The van der Waals surface area contributed by atoms with Crippen LogP contribution in [0, 0.1) is 0 Å². The standard InChI is InChI=1S/C17H23NO8/c1-6-25-16(20)14(17(21)26-7-2)18-15(19)10-8-12(23-4)13(24-5)9-11(10)22-3/h8-9,14H,6-7H2,1-5H3,(H,18,19). The fourth-order valence-electron chi connectivity index (χ4n) is 2.08. The van der Waals surface area contributed by atoms with Crippen LogP contribution in [0.5, 0.6) is 17.2 Å². The monoisotopic (exact) mass is 369 g/mol. The van der Waals surface area contributed by atoms with Crippen molar-refractivity contribution in [3.8, 4) is 17.2 Å². The summed E-state index contributed by atoms with van der Waals surface area (Å²) < 4.78 is 25.1. The number of esters is 2. The molecule has 0 saturated heterocycles. The smallest absolute Gasteiger partial charge is 0.340 e. The second kappa shape index (κ2) is 10.1. The molecule has 9 heteroatoms. The minimum atomic E-state index is -1.60. The first-order valence-electron chi connectivity index (χ1n) is 7.87. The highest BCUT2D eigenvalue weighted by Crippen LogP contribution is 2.34. The molecule has 0 aliphatic heterocycles. The molecule has 0 aliphatic carbocycles. The summed E-state index contributed by atoms with van der Waals surface area (Å²) in [6.45, 7) is 3.26. The first-order valence-corrected chi connectivity index (χ1v) is 7.87. The summed E-state index contributed by atoms with van der Waals surface area (Å²) in [5, 5.41) is 2.30. The van der Waals surface area contributed by atoms with Gasteiger partial charge in [0.1, 0.15) is 5.75 Å². The van der Waals surface area contributed by atoms with E-state index >= 15 is 0 Å². The average Bonchev–Trinajstić information content (AvgIpc) is 2.64. The van der Waals surface area contributed by atoms with E-state index in [1.54, 1.807) is 13.8 Å². The molecule has 0 fully saturated rings. The predicted octanol–water partition coefficient (Wildman–Crippen LogP) is 0.937. The van der Waals surface area contributed by atoms with Crippen LogP contribution in [-0.2, 0) is 19.1 Å². The maximum atomic E-state index is 12.6. The van der Waals surface area contributed by atoms with E-state index < -0.39 is 23.9 Å².